The molecule has 134 valence electrons. The Balaban J connectivity index is 1.75. The number of hydrogen-bond donors (Lipinski definition) is 0. The summed E-state index contributed by atoms with van der Waals surface area (Å²) in [5.41, 5.74) is -0.311. The maximum absolute atomic E-state index is 12.8. The Kier molecular flexibility index (Phi) is 4.24. The molecule has 0 saturated carbocycles. The standard InChI is InChI=1S/C17H20BF3N2O2/c1-15(2)16(3,4)25-18(24-15)14-9-22-23(11-14)10-12-6-5-7-13(8-12)17(19,20)21/h5-9,11H,10H2,1-4H3. The number of halogens is 3. The van der Waals surface area contributed by atoms with Crippen LogP contribution >= 0.6 is 0 Å². The van der Waals surface area contributed by atoms with Gasteiger partial charge in [-0.1, -0.05) is 12.1 Å². The zero-order valence-electron chi connectivity index (χ0n) is 14.6. The molecule has 0 atom stereocenters. The van der Waals surface area contributed by atoms with Gasteiger partial charge >= 0.3 is 13.3 Å². The van der Waals surface area contributed by atoms with E-state index in [1.807, 2.05) is 27.7 Å². The molecule has 0 aliphatic carbocycles. The molecule has 8 heteroatoms. The molecule has 0 N–H and O–H groups in total. The summed E-state index contributed by atoms with van der Waals surface area (Å²) in [4.78, 5) is 0. The topological polar surface area (TPSA) is 36.3 Å². The lowest BCUT2D eigenvalue weighted by Gasteiger charge is -2.32. The molecule has 1 aromatic heterocycles. The smallest absolute Gasteiger partial charge is 0.399 e. The molecule has 2 heterocycles. The van der Waals surface area contributed by atoms with E-state index in [0.29, 0.717) is 5.56 Å². The van der Waals surface area contributed by atoms with E-state index in [1.165, 1.54) is 6.07 Å². The van der Waals surface area contributed by atoms with Crippen LogP contribution in [0.3, 0.4) is 0 Å². The molecule has 0 unspecified atom stereocenters. The molecule has 1 saturated heterocycles. The van der Waals surface area contributed by atoms with Gasteiger partial charge in [0.05, 0.1) is 23.3 Å². The first-order chi connectivity index (χ1) is 11.5. The minimum absolute atomic E-state index is 0.240. The van der Waals surface area contributed by atoms with Gasteiger partial charge in [0.25, 0.3) is 0 Å². The van der Waals surface area contributed by atoms with Crippen molar-refractivity contribution >= 4 is 12.6 Å². The van der Waals surface area contributed by atoms with Gasteiger partial charge in [0, 0.05) is 17.9 Å². The molecular weight excluding hydrogens is 332 g/mol. The lowest BCUT2D eigenvalue weighted by Crippen LogP contribution is -2.41. The molecule has 1 aliphatic heterocycles. The van der Waals surface area contributed by atoms with Gasteiger partial charge in [0.1, 0.15) is 0 Å². The van der Waals surface area contributed by atoms with Gasteiger partial charge in [0.15, 0.2) is 0 Å². The molecule has 1 aliphatic rings. The summed E-state index contributed by atoms with van der Waals surface area (Å²) in [6.07, 6.45) is -0.994. The van der Waals surface area contributed by atoms with Crippen LogP contribution in [0.15, 0.2) is 36.7 Å². The van der Waals surface area contributed by atoms with Gasteiger partial charge in [-0.25, -0.2) is 0 Å². The van der Waals surface area contributed by atoms with Crippen LogP contribution in [0.5, 0.6) is 0 Å². The first kappa shape index (κ1) is 18.0. The van der Waals surface area contributed by atoms with E-state index in [4.69, 9.17) is 9.31 Å². The second-order valence-corrected chi connectivity index (χ2v) is 7.26. The van der Waals surface area contributed by atoms with Gasteiger partial charge in [0.2, 0.25) is 0 Å². The molecule has 2 aromatic rings. The molecule has 1 fully saturated rings. The van der Waals surface area contributed by atoms with Crippen LogP contribution in [0.1, 0.15) is 38.8 Å². The van der Waals surface area contributed by atoms with Gasteiger partial charge in [-0.15, -0.1) is 0 Å². The second-order valence-electron chi connectivity index (χ2n) is 7.26. The Morgan fingerprint density at radius 2 is 1.76 bits per heavy atom. The predicted octanol–water partition coefficient (Wildman–Crippen LogP) is 3.25. The maximum Gasteiger partial charge on any atom is 0.498 e. The number of rotatable bonds is 3. The van der Waals surface area contributed by atoms with Crippen LogP contribution < -0.4 is 5.46 Å². The summed E-state index contributed by atoms with van der Waals surface area (Å²) < 4.78 is 51.9. The zero-order valence-corrected chi connectivity index (χ0v) is 14.6. The van der Waals surface area contributed by atoms with E-state index in [1.54, 1.807) is 23.1 Å². The summed E-state index contributed by atoms with van der Waals surface area (Å²) in [7, 11) is -0.541. The third kappa shape index (κ3) is 3.60. The molecule has 0 radical (unpaired) electrons. The Labute approximate surface area is 145 Å². The van der Waals surface area contributed by atoms with Crippen molar-refractivity contribution in [2.24, 2.45) is 0 Å². The van der Waals surface area contributed by atoms with Crippen molar-refractivity contribution in [2.45, 2.75) is 51.6 Å². The average Bonchev–Trinajstić information content (AvgIpc) is 3.01. The summed E-state index contributed by atoms with van der Waals surface area (Å²) in [5.74, 6) is 0. The van der Waals surface area contributed by atoms with Gasteiger partial charge in [-0.2, -0.15) is 18.3 Å². The van der Waals surface area contributed by atoms with Gasteiger partial charge in [-0.05, 0) is 45.4 Å². The SMILES string of the molecule is CC1(C)OB(c2cnn(Cc3cccc(C(F)(F)F)c3)c2)OC1(C)C. The van der Waals surface area contributed by atoms with Crippen LogP contribution in [0.2, 0.25) is 0 Å². The molecular formula is C17H20BF3N2O2. The van der Waals surface area contributed by atoms with E-state index < -0.39 is 30.1 Å². The molecule has 0 amide bonds. The van der Waals surface area contributed by atoms with Crippen molar-refractivity contribution in [2.75, 3.05) is 0 Å². The van der Waals surface area contributed by atoms with Crippen LogP contribution in [-0.4, -0.2) is 28.1 Å². The second kappa shape index (κ2) is 5.88. The van der Waals surface area contributed by atoms with E-state index >= 15 is 0 Å². The number of hydrogen-bond acceptors (Lipinski definition) is 3. The highest BCUT2D eigenvalue weighted by atomic mass is 19.4. The van der Waals surface area contributed by atoms with Crippen LogP contribution in [0.25, 0.3) is 0 Å². The van der Waals surface area contributed by atoms with Crippen molar-refractivity contribution in [1.29, 1.82) is 0 Å². The Hall–Kier alpha value is -1.80. The quantitative estimate of drug-likeness (QED) is 0.796. The summed E-state index contributed by atoms with van der Waals surface area (Å²) in [6.45, 7) is 8.07. The zero-order chi connectivity index (χ0) is 18.5. The molecule has 4 nitrogen and oxygen atoms in total. The summed E-state index contributed by atoms with van der Waals surface area (Å²) in [6, 6.07) is 5.24. The number of nitrogens with zero attached hydrogens (tertiary/aromatic N) is 2. The highest BCUT2D eigenvalue weighted by Crippen LogP contribution is 2.36. The number of aromatic nitrogens is 2. The van der Waals surface area contributed by atoms with Crippen molar-refractivity contribution in [3.63, 3.8) is 0 Å². The van der Waals surface area contributed by atoms with Crippen molar-refractivity contribution in [3.05, 3.63) is 47.8 Å². The van der Waals surface area contributed by atoms with Crippen LogP contribution in [-0.2, 0) is 22.0 Å². The van der Waals surface area contributed by atoms with Crippen LogP contribution in [0.4, 0.5) is 13.2 Å². The van der Waals surface area contributed by atoms with Gasteiger partial charge in [-0.3, -0.25) is 4.68 Å². The molecule has 3 rings (SSSR count). The number of alkyl halides is 3. The van der Waals surface area contributed by atoms with Crippen LogP contribution in [0, 0.1) is 0 Å². The number of benzene rings is 1. The fourth-order valence-electron chi connectivity index (χ4n) is 2.60. The highest BCUT2D eigenvalue weighted by Gasteiger charge is 2.52. The first-order valence-corrected chi connectivity index (χ1v) is 8.02. The van der Waals surface area contributed by atoms with E-state index in [0.717, 1.165) is 17.6 Å². The van der Waals surface area contributed by atoms with Crippen molar-refractivity contribution in [3.8, 4) is 0 Å². The fourth-order valence-corrected chi connectivity index (χ4v) is 2.60. The maximum atomic E-state index is 12.8. The first-order valence-electron chi connectivity index (χ1n) is 8.02. The third-order valence-electron chi connectivity index (χ3n) is 4.78. The molecule has 25 heavy (non-hydrogen) atoms. The lowest BCUT2D eigenvalue weighted by molar-refractivity contribution is -0.137. The average molecular weight is 352 g/mol. The Morgan fingerprint density at radius 1 is 1.12 bits per heavy atom. The predicted molar refractivity (Wildman–Crippen MR) is 88.5 cm³/mol. The fraction of sp³-hybridized carbons (Fsp3) is 0.471. The largest absolute Gasteiger partial charge is 0.498 e. The monoisotopic (exact) mass is 352 g/mol. The summed E-state index contributed by atoms with van der Waals surface area (Å²) in [5, 5.41) is 4.22. The van der Waals surface area contributed by atoms with E-state index in [2.05, 4.69) is 5.10 Å². The molecule has 1 aromatic carbocycles. The third-order valence-corrected chi connectivity index (χ3v) is 4.78. The normalized spacial score (nSPS) is 19.4. The van der Waals surface area contributed by atoms with Gasteiger partial charge < -0.3 is 9.31 Å². The highest BCUT2D eigenvalue weighted by molar-refractivity contribution is 6.61. The minimum Gasteiger partial charge on any atom is -0.399 e. The minimum atomic E-state index is -4.35. The Bertz CT molecular complexity index is 755. The summed E-state index contributed by atoms with van der Waals surface area (Å²) >= 11 is 0. The Morgan fingerprint density at radius 3 is 2.36 bits per heavy atom. The lowest BCUT2D eigenvalue weighted by atomic mass is 9.82. The van der Waals surface area contributed by atoms with Crippen molar-refractivity contribution in [1.82, 2.24) is 9.78 Å². The molecule has 0 spiro atoms. The van der Waals surface area contributed by atoms with Crippen molar-refractivity contribution < 1.29 is 22.5 Å². The van der Waals surface area contributed by atoms with E-state index in [-0.39, 0.29) is 6.54 Å². The molecule has 0 bridgehead atoms. The van der Waals surface area contributed by atoms with E-state index in [9.17, 15) is 13.2 Å².